The Balaban J connectivity index is 2.49. The second-order valence-electron chi connectivity index (χ2n) is 3.88. The van der Waals surface area contributed by atoms with Crippen molar-refractivity contribution in [2.24, 2.45) is 11.7 Å². The molecule has 4 nitrogen and oxygen atoms in total. The minimum atomic E-state index is -0.598. The maximum atomic E-state index is 11.3. The van der Waals surface area contributed by atoms with Crippen LogP contribution in [0.5, 0.6) is 0 Å². The fraction of sp³-hybridized carbons (Fsp3) is 0.778. The maximum Gasteiger partial charge on any atom is 0.246 e. The van der Waals surface area contributed by atoms with E-state index in [0.717, 1.165) is 6.42 Å². The Hall–Kier alpha value is -0.900. The molecule has 0 aliphatic carbocycles. The van der Waals surface area contributed by atoms with Gasteiger partial charge < -0.3 is 5.73 Å². The van der Waals surface area contributed by atoms with Crippen molar-refractivity contribution < 1.29 is 9.59 Å². The quantitative estimate of drug-likeness (QED) is 0.633. The number of carbonyl (C=O) groups is 2. The topological polar surface area (TPSA) is 63.4 Å². The van der Waals surface area contributed by atoms with Gasteiger partial charge in [-0.25, -0.2) is 0 Å². The molecule has 1 saturated heterocycles. The summed E-state index contributed by atoms with van der Waals surface area (Å²) in [6.45, 7) is 4.64. The molecule has 74 valence electrons. The van der Waals surface area contributed by atoms with Gasteiger partial charge in [-0.2, -0.15) is 0 Å². The van der Waals surface area contributed by atoms with E-state index in [9.17, 15) is 9.59 Å². The van der Waals surface area contributed by atoms with Crippen molar-refractivity contribution in [3.63, 3.8) is 0 Å². The normalized spacial score (nSPS) is 23.4. The van der Waals surface area contributed by atoms with E-state index in [0.29, 0.717) is 12.5 Å². The van der Waals surface area contributed by atoms with Crippen molar-refractivity contribution in [3.05, 3.63) is 0 Å². The first-order valence-electron chi connectivity index (χ1n) is 4.62. The molecule has 0 saturated carbocycles. The van der Waals surface area contributed by atoms with Crippen LogP contribution in [-0.4, -0.2) is 29.3 Å². The highest BCUT2D eigenvalue weighted by molar-refractivity contribution is 6.05. The summed E-state index contributed by atoms with van der Waals surface area (Å²) in [5.41, 5.74) is 5.45. The fourth-order valence-corrected chi connectivity index (χ4v) is 1.33. The summed E-state index contributed by atoms with van der Waals surface area (Å²) >= 11 is 0. The van der Waals surface area contributed by atoms with E-state index in [-0.39, 0.29) is 18.2 Å². The third-order valence-electron chi connectivity index (χ3n) is 2.21. The van der Waals surface area contributed by atoms with Crippen LogP contribution in [0, 0.1) is 5.92 Å². The average molecular weight is 184 g/mol. The molecule has 1 aliphatic rings. The van der Waals surface area contributed by atoms with Gasteiger partial charge in [0.05, 0.1) is 12.5 Å². The van der Waals surface area contributed by atoms with Crippen molar-refractivity contribution in [2.45, 2.75) is 32.7 Å². The zero-order chi connectivity index (χ0) is 10.0. The van der Waals surface area contributed by atoms with Gasteiger partial charge in [0, 0.05) is 6.54 Å². The lowest BCUT2D eigenvalue weighted by Gasteiger charge is -2.15. The van der Waals surface area contributed by atoms with Crippen molar-refractivity contribution in [2.75, 3.05) is 6.54 Å². The summed E-state index contributed by atoms with van der Waals surface area (Å²) < 4.78 is 0. The molecule has 2 N–H and O–H groups in total. The van der Waals surface area contributed by atoms with E-state index in [1.54, 1.807) is 0 Å². The minimum Gasteiger partial charge on any atom is -0.319 e. The van der Waals surface area contributed by atoms with Gasteiger partial charge >= 0.3 is 0 Å². The molecule has 1 heterocycles. The lowest BCUT2D eigenvalue weighted by atomic mass is 10.1. The summed E-state index contributed by atoms with van der Waals surface area (Å²) in [5, 5.41) is 0. The second-order valence-corrected chi connectivity index (χ2v) is 3.88. The first-order chi connectivity index (χ1) is 6.02. The number of hydrogen-bond donors (Lipinski definition) is 1. The van der Waals surface area contributed by atoms with Crippen LogP contribution >= 0.6 is 0 Å². The number of carbonyl (C=O) groups excluding carboxylic acids is 2. The van der Waals surface area contributed by atoms with Crippen LogP contribution in [-0.2, 0) is 9.59 Å². The Morgan fingerprint density at radius 3 is 2.54 bits per heavy atom. The van der Waals surface area contributed by atoms with E-state index in [2.05, 4.69) is 13.8 Å². The van der Waals surface area contributed by atoms with Gasteiger partial charge in [-0.15, -0.1) is 0 Å². The smallest absolute Gasteiger partial charge is 0.246 e. The maximum absolute atomic E-state index is 11.3. The Morgan fingerprint density at radius 2 is 2.15 bits per heavy atom. The first-order valence-corrected chi connectivity index (χ1v) is 4.62. The molecule has 0 aromatic heterocycles. The van der Waals surface area contributed by atoms with E-state index in [4.69, 9.17) is 5.73 Å². The lowest BCUT2D eigenvalue weighted by molar-refractivity contribution is -0.138. The lowest BCUT2D eigenvalue weighted by Crippen LogP contribution is -2.36. The standard InChI is InChI=1S/C9H16N2O2/c1-6(2)3-4-11-8(12)5-7(10)9(11)13/h6-7H,3-5,10H2,1-2H3. The summed E-state index contributed by atoms with van der Waals surface area (Å²) in [5.74, 6) is 0.154. The van der Waals surface area contributed by atoms with Gasteiger partial charge in [0.15, 0.2) is 0 Å². The van der Waals surface area contributed by atoms with Gasteiger partial charge in [-0.05, 0) is 12.3 Å². The van der Waals surface area contributed by atoms with E-state index >= 15 is 0 Å². The zero-order valence-electron chi connectivity index (χ0n) is 8.12. The van der Waals surface area contributed by atoms with Crippen molar-refractivity contribution in [1.29, 1.82) is 0 Å². The van der Waals surface area contributed by atoms with Crippen LogP contribution in [0.25, 0.3) is 0 Å². The molecule has 0 spiro atoms. The molecule has 4 heteroatoms. The van der Waals surface area contributed by atoms with Crippen molar-refractivity contribution >= 4 is 11.8 Å². The van der Waals surface area contributed by atoms with Crippen LogP contribution in [0.1, 0.15) is 26.7 Å². The highest BCUT2D eigenvalue weighted by Crippen LogP contribution is 2.13. The van der Waals surface area contributed by atoms with Gasteiger partial charge in [-0.3, -0.25) is 14.5 Å². The summed E-state index contributed by atoms with van der Waals surface area (Å²) in [7, 11) is 0. The van der Waals surface area contributed by atoms with Gasteiger partial charge in [0.1, 0.15) is 0 Å². The summed E-state index contributed by atoms with van der Waals surface area (Å²) in [6.07, 6.45) is 1.03. The molecule has 0 radical (unpaired) electrons. The Bertz CT molecular complexity index is 226. The van der Waals surface area contributed by atoms with Crippen molar-refractivity contribution in [1.82, 2.24) is 4.90 Å². The largest absolute Gasteiger partial charge is 0.319 e. The third-order valence-corrected chi connectivity index (χ3v) is 2.21. The summed E-state index contributed by atoms with van der Waals surface area (Å²) in [6, 6.07) is -0.598. The number of imide groups is 1. The molecule has 2 amide bonds. The number of likely N-dealkylation sites (tertiary alicyclic amines) is 1. The monoisotopic (exact) mass is 184 g/mol. The molecule has 0 aromatic carbocycles. The third kappa shape index (κ3) is 2.28. The van der Waals surface area contributed by atoms with E-state index in [1.807, 2.05) is 0 Å². The number of hydrogen-bond acceptors (Lipinski definition) is 3. The molecule has 1 unspecified atom stereocenters. The molecule has 0 bridgehead atoms. The molecule has 13 heavy (non-hydrogen) atoms. The van der Waals surface area contributed by atoms with E-state index < -0.39 is 6.04 Å². The van der Waals surface area contributed by atoms with Crippen LogP contribution < -0.4 is 5.73 Å². The molecule has 1 aliphatic heterocycles. The molecular formula is C9H16N2O2. The Kier molecular flexibility index (Phi) is 3.03. The van der Waals surface area contributed by atoms with Crippen molar-refractivity contribution in [3.8, 4) is 0 Å². The molecular weight excluding hydrogens is 168 g/mol. The molecule has 1 atom stereocenters. The predicted molar refractivity (Wildman–Crippen MR) is 48.8 cm³/mol. The Labute approximate surface area is 78.1 Å². The SMILES string of the molecule is CC(C)CCN1C(=O)CC(N)C1=O. The van der Waals surface area contributed by atoms with Crippen LogP contribution in [0.3, 0.4) is 0 Å². The highest BCUT2D eigenvalue weighted by Gasteiger charge is 2.35. The molecule has 1 rings (SSSR count). The number of rotatable bonds is 3. The van der Waals surface area contributed by atoms with Gasteiger partial charge in [0.2, 0.25) is 11.8 Å². The molecule has 1 fully saturated rings. The minimum absolute atomic E-state index is 0.127. The van der Waals surface area contributed by atoms with Crippen LogP contribution in [0.2, 0.25) is 0 Å². The first kappa shape index (κ1) is 10.2. The van der Waals surface area contributed by atoms with Gasteiger partial charge in [-0.1, -0.05) is 13.8 Å². The number of nitrogens with two attached hydrogens (primary N) is 1. The predicted octanol–water partition coefficient (Wildman–Crippen LogP) is 0.119. The van der Waals surface area contributed by atoms with Crippen LogP contribution in [0.4, 0.5) is 0 Å². The highest BCUT2D eigenvalue weighted by atomic mass is 16.2. The fourth-order valence-electron chi connectivity index (χ4n) is 1.33. The number of nitrogens with zero attached hydrogens (tertiary/aromatic N) is 1. The average Bonchev–Trinajstić information content (AvgIpc) is 2.24. The number of amides is 2. The molecule has 0 aromatic rings. The van der Waals surface area contributed by atoms with Gasteiger partial charge in [0.25, 0.3) is 0 Å². The van der Waals surface area contributed by atoms with E-state index in [1.165, 1.54) is 4.90 Å². The zero-order valence-corrected chi connectivity index (χ0v) is 8.12. The second kappa shape index (κ2) is 3.87. The summed E-state index contributed by atoms with van der Waals surface area (Å²) in [4.78, 5) is 23.8. The van der Waals surface area contributed by atoms with Crippen LogP contribution in [0.15, 0.2) is 0 Å². The Morgan fingerprint density at radius 1 is 1.54 bits per heavy atom.